The molecule has 0 bridgehead atoms. The number of hydrogen-bond donors (Lipinski definition) is 1. The van der Waals surface area contributed by atoms with E-state index in [9.17, 15) is 4.79 Å². The molecule has 1 heterocycles. The SMILES string of the molecule is C[C@@H]1CC[C@@H](C)N(C(=O)NC2CCCCC2)C1. The van der Waals surface area contributed by atoms with Gasteiger partial charge in [0, 0.05) is 18.6 Å². The van der Waals surface area contributed by atoms with Gasteiger partial charge in [0.05, 0.1) is 0 Å². The Kier molecular flexibility index (Phi) is 4.30. The van der Waals surface area contributed by atoms with Crippen molar-refractivity contribution in [3.05, 3.63) is 0 Å². The van der Waals surface area contributed by atoms with Crippen LogP contribution in [0.25, 0.3) is 0 Å². The van der Waals surface area contributed by atoms with Crippen molar-refractivity contribution in [1.29, 1.82) is 0 Å². The second-order valence-electron chi connectivity index (χ2n) is 5.97. The molecule has 1 N–H and O–H groups in total. The molecule has 0 aromatic heterocycles. The third-order valence-electron chi connectivity index (χ3n) is 4.31. The number of urea groups is 1. The maximum absolute atomic E-state index is 12.2. The summed E-state index contributed by atoms with van der Waals surface area (Å²) in [5.74, 6) is 0.656. The molecule has 2 fully saturated rings. The minimum Gasteiger partial charge on any atom is -0.335 e. The Morgan fingerprint density at radius 2 is 1.76 bits per heavy atom. The number of likely N-dealkylation sites (tertiary alicyclic amines) is 1. The Morgan fingerprint density at radius 1 is 1.06 bits per heavy atom. The number of carbonyl (C=O) groups excluding carboxylic acids is 1. The number of carbonyl (C=O) groups is 1. The van der Waals surface area contributed by atoms with Crippen LogP contribution in [0.1, 0.15) is 58.8 Å². The zero-order chi connectivity index (χ0) is 12.3. The molecule has 0 unspecified atom stereocenters. The van der Waals surface area contributed by atoms with E-state index in [0.717, 1.165) is 13.0 Å². The van der Waals surface area contributed by atoms with E-state index in [1.54, 1.807) is 0 Å². The van der Waals surface area contributed by atoms with E-state index in [1.807, 2.05) is 4.90 Å². The summed E-state index contributed by atoms with van der Waals surface area (Å²) < 4.78 is 0. The lowest BCUT2D eigenvalue weighted by molar-refractivity contribution is 0.132. The maximum atomic E-state index is 12.2. The largest absolute Gasteiger partial charge is 0.335 e. The van der Waals surface area contributed by atoms with Gasteiger partial charge in [-0.2, -0.15) is 0 Å². The normalized spacial score (nSPS) is 31.3. The van der Waals surface area contributed by atoms with Crippen LogP contribution in [-0.4, -0.2) is 29.6 Å². The Labute approximate surface area is 105 Å². The van der Waals surface area contributed by atoms with Gasteiger partial charge in [0.15, 0.2) is 0 Å². The molecule has 0 spiro atoms. The second-order valence-corrected chi connectivity index (χ2v) is 5.97. The van der Waals surface area contributed by atoms with Gasteiger partial charge in [-0.3, -0.25) is 0 Å². The van der Waals surface area contributed by atoms with Crippen LogP contribution in [0.5, 0.6) is 0 Å². The van der Waals surface area contributed by atoms with Gasteiger partial charge in [0.25, 0.3) is 0 Å². The number of amides is 2. The van der Waals surface area contributed by atoms with Gasteiger partial charge < -0.3 is 10.2 Å². The minimum absolute atomic E-state index is 0.177. The van der Waals surface area contributed by atoms with Crippen LogP contribution < -0.4 is 5.32 Å². The summed E-state index contributed by atoms with van der Waals surface area (Å²) in [5.41, 5.74) is 0. The highest BCUT2D eigenvalue weighted by atomic mass is 16.2. The van der Waals surface area contributed by atoms with Crippen molar-refractivity contribution in [1.82, 2.24) is 10.2 Å². The average molecular weight is 238 g/mol. The molecule has 0 aromatic carbocycles. The first kappa shape index (κ1) is 12.7. The fourth-order valence-corrected chi connectivity index (χ4v) is 3.08. The molecule has 0 radical (unpaired) electrons. The summed E-state index contributed by atoms with van der Waals surface area (Å²) >= 11 is 0. The third kappa shape index (κ3) is 3.36. The maximum Gasteiger partial charge on any atom is 0.317 e. The summed E-state index contributed by atoms with van der Waals surface area (Å²) in [6, 6.07) is 1.02. The molecule has 3 nitrogen and oxygen atoms in total. The highest BCUT2D eigenvalue weighted by molar-refractivity contribution is 5.75. The Morgan fingerprint density at radius 3 is 2.47 bits per heavy atom. The molecule has 0 aromatic rings. The summed E-state index contributed by atoms with van der Waals surface area (Å²) in [5, 5.41) is 3.23. The fourth-order valence-electron chi connectivity index (χ4n) is 3.08. The summed E-state index contributed by atoms with van der Waals surface area (Å²) in [6.45, 7) is 5.35. The Hall–Kier alpha value is -0.730. The van der Waals surface area contributed by atoms with Crippen molar-refractivity contribution < 1.29 is 4.79 Å². The molecule has 98 valence electrons. The van der Waals surface area contributed by atoms with Gasteiger partial charge in [-0.05, 0) is 38.5 Å². The minimum atomic E-state index is 0.177. The Bertz CT molecular complexity index is 261. The lowest BCUT2D eigenvalue weighted by atomic mass is 9.94. The molecule has 2 rings (SSSR count). The predicted octanol–water partition coefficient (Wildman–Crippen LogP) is 3.15. The number of piperidine rings is 1. The molecule has 1 saturated heterocycles. The van der Waals surface area contributed by atoms with Crippen molar-refractivity contribution in [2.75, 3.05) is 6.54 Å². The van der Waals surface area contributed by atoms with E-state index in [2.05, 4.69) is 19.2 Å². The average Bonchev–Trinajstić information content (AvgIpc) is 2.33. The molecular weight excluding hydrogens is 212 g/mol. The quantitative estimate of drug-likeness (QED) is 0.748. The topological polar surface area (TPSA) is 32.3 Å². The molecule has 1 aliphatic carbocycles. The van der Waals surface area contributed by atoms with Gasteiger partial charge >= 0.3 is 6.03 Å². The van der Waals surface area contributed by atoms with E-state index in [1.165, 1.54) is 38.5 Å². The molecule has 3 heteroatoms. The highest BCUT2D eigenvalue weighted by Gasteiger charge is 2.28. The zero-order valence-corrected chi connectivity index (χ0v) is 11.2. The van der Waals surface area contributed by atoms with E-state index in [0.29, 0.717) is 18.0 Å². The van der Waals surface area contributed by atoms with Gasteiger partial charge in [-0.25, -0.2) is 4.79 Å². The molecule has 2 amide bonds. The third-order valence-corrected chi connectivity index (χ3v) is 4.31. The lowest BCUT2D eigenvalue weighted by Crippen LogP contribution is -2.52. The van der Waals surface area contributed by atoms with Crippen LogP contribution in [0.3, 0.4) is 0 Å². The van der Waals surface area contributed by atoms with Crippen LogP contribution in [0.15, 0.2) is 0 Å². The van der Waals surface area contributed by atoms with E-state index in [4.69, 9.17) is 0 Å². The summed E-state index contributed by atoms with van der Waals surface area (Å²) in [6.07, 6.45) is 8.64. The zero-order valence-electron chi connectivity index (χ0n) is 11.2. The second kappa shape index (κ2) is 5.74. The number of hydrogen-bond acceptors (Lipinski definition) is 1. The van der Waals surface area contributed by atoms with Crippen molar-refractivity contribution >= 4 is 6.03 Å². The number of nitrogens with zero attached hydrogens (tertiary/aromatic N) is 1. The lowest BCUT2D eigenvalue weighted by Gasteiger charge is -2.38. The first-order valence-corrected chi connectivity index (χ1v) is 7.24. The first-order valence-electron chi connectivity index (χ1n) is 7.24. The van der Waals surface area contributed by atoms with Gasteiger partial charge in [-0.1, -0.05) is 26.2 Å². The monoisotopic (exact) mass is 238 g/mol. The van der Waals surface area contributed by atoms with E-state index in [-0.39, 0.29) is 6.03 Å². The van der Waals surface area contributed by atoms with Gasteiger partial charge in [0.1, 0.15) is 0 Å². The number of rotatable bonds is 1. The van der Waals surface area contributed by atoms with Crippen molar-refractivity contribution in [2.24, 2.45) is 5.92 Å². The van der Waals surface area contributed by atoms with E-state index >= 15 is 0 Å². The fraction of sp³-hybridized carbons (Fsp3) is 0.929. The molecule has 1 aliphatic heterocycles. The Balaban J connectivity index is 1.85. The molecule has 1 saturated carbocycles. The molecule has 2 aliphatic rings. The molecule has 2 atom stereocenters. The van der Waals surface area contributed by atoms with Crippen LogP contribution in [-0.2, 0) is 0 Å². The molecular formula is C14H26N2O. The summed E-state index contributed by atoms with van der Waals surface area (Å²) in [7, 11) is 0. The van der Waals surface area contributed by atoms with Gasteiger partial charge in [0.2, 0.25) is 0 Å². The highest BCUT2D eigenvalue weighted by Crippen LogP contribution is 2.22. The molecule has 17 heavy (non-hydrogen) atoms. The van der Waals surface area contributed by atoms with Crippen LogP contribution in [0, 0.1) is 5.92 Å². The van der Waals surface area contributed by atoms with Crippen LogP contribution >= 0.6 is 0 Å². The van der Waals surface area contributed by atoms with Crippen LogP contribution in [0.2, 0.25) is 0 Å². The van der Waals surface area contributed by atoms with Crippen molar-refractivity contribution in [2.45, 2.75) is 70.9 Å². The van der Waals surface area contributed by atoms with Crippen LogP contribution in [0.4, 0.5) is 4.79 Å². The summed E-state index contributed by atoms with van der Waals surface area (Å²) in [4.78, 5) is 14.3. The van der Waals surface area contributed by atoms with E-state index < -0.39 is 0 Å². The van der Waals surface area contributed by atoms with Crippen molar-refractivity contribution in [3.8, 4) is 0 Å². The van der Waals surface area contributed by atoms with Gasteiger partial charge in [-0.15, -0.1) is 0 Å². The predicted molar refractivity (Wildman–Crippen MR) is 70.0 cm³/mol. The smallest absolute Gasteiger partial charge is 0.317 e. The first-order chi connectivity index (χ1) is 8.16. The number of nitrogens with one attached hydrogen (secondary N) is 1. The van der Waals surface area contributed by atoms with Crippen molar-refractivity contribution in [3.63, 3.8) is 0 Å². The standard InChI is InChI=1S/C14H26N2O/c1-11-8-9-12(2)16(10-11)14(17)15-13-6-4-3-5-7-13/h11-13H,3-10H2,1-2H3,(H,15,17)/t11-,12-/m1/s1.